The van der Waals surface area contributed by atoms with E-state index in [0.29, 0.717) is 13.2 Å². The number of thiazole rings is 1. The van der Waals surface area contributed by atoms with Crippen LogP contribution in [0.25, 0.3) is 0 Å². The van der Waals surface area contributed by atoms with E-state index in [4.69, 9.17) is 10.5 Å². The minimum absolute atomic E-state index is 0.160. The van der Waals surface area contributed by atoms with Crippen LogP contribution in [-0.4, -0.2) is 28.4 Å². The van der Waals surface area contributed by atoms with Crippen molar-refractivity contribution in [1.82, 2.24) is 9.88 Å². The number of piperidine rings is 1. The number of ether oxygens (including phenoxy) is 1. The second kappa shape index (κ2) is 7.77. The number of rotatable bonds is 6. The normalized spacial score (nSPS) is 18.5. The van der Waals surface area contributed by atoms with Crippen LogP contribution in [0.4, 0.5) is 0 Å². The fourth-order valence-electron chi connectivity index (χ4n) is 2.98. The van der Waals surface area contributed by atoms with Gasteiger partial charge in [-0.3, -0.25) is 9.69 Å². The second-order valence-corrected chi connectivity index (χ2v) is 7.16. The van der Waals surface area contributed by atoms with Crippen LogP contribution in [0.2, 0.25) is 0 Å². The van der Waals surface area contributed by atoms with Crippen LogP contribution in [0.1, 0.15) is 35.5 Å². The van der Waals surface area contributed by atoms with Gasteiger partial charge in [-0.1, -0.05) is 24.1 Å². The summed E-state index contributed by atoms with van der Waals surface area (Å²) in [7, 11) is 0. The van der Waals surface area contributed by atoms with E-state index in [1.165, 1.54) is 5.56 Å². The molecule has 1 fully saturated rings. The number of primary amides is 1. The maximum Gasteiger partial charge on any atom is 0.234 e. The Morgan fingerprint density at radius 2 is 2.17 bits per heavy atom. The molecule has 1 unspecified atom stereocenters. The lowest BCUT2D eigenvalue weighted by molar-refractivity contribution is -0.124. The van der Waals surface area contributed by atoms with E-state index < -0.39 is 0 Å². The largest absolute Gasteiger partial charge is 0.486 e. The van der Waals surface area contributed by atoms with Crippen molar-refractivity contribution < 1.29 is 9.53 Å². The average molecular weight is 345 g/mol. The van der Waals surface area contributed by atoms with Crippen molar-refractivity contribution in [2.45, 2.75) is 45.4 Å². The number of nitrogens with two attached hydrogens (primary N) is 1. The molecular weight excluding hydrogens is 322 g/mol. The van der Waals surface area contributed by atoms with Crippen molar-refractivity contribution in [3.8, 4) is 5.75 Å². The highest BCUT2D eigenvalue weighted by atomic mass is 32.1. The van der Waals surface area contributed by atoms with E-state index in [-0.39, 0.29) is 11.9 Å². The molecular formula is C18H23N3O2S. The SMILES string of the molecule is Cc1ccc(OCc2nc(CN3CCCCC3C(N)=O)cs2)cc1. The average Bonchev–Trinajstić information content (AvgIpc) is 3.02. The number of nitrogens with zero attached hydrogens (tertiary/aromatic N) is 2. The number of benzene rings is 1. The zero-order valence-corrected chi connectivity index (χ0v) is 14.7. The van der Waals surface area contributed by atoms with Gasteiger partial charge in [-0.25, -0.2) is 4.98 Å². The number of carbonyl (C=O) groups is 1. The molecule has 0 radical (unpaired) electrons. The first-order chi connectivity index (χ1) is 11.6. The highest BCUT2D eigenvalue weighted by molar-refractivity contribution is 7.09. The Kier molecular flexibility index (Phi) is 5.48. The third kappa shape index (κ3) is 4.33. The molecule has 6 heteroatoms. The summed E-state index contributed by atoms with van der Waals surface area (Å²) in [6.07, 6.45) is 3.02. The van der Waals surface area contributed by atoms with Gasteiger partial charge in [0.25, 0.3) is 0 Å². The Morgan fingerprint density at radius 1 is 1.38 bits per heavy atom. The molecule has 1 aliphatic heterocycles. The monoisotopic (exact) mass is 345 g/mol. The number of aromatic nitrogens is 1. The third-order valence-electron chi connectivity index (χ3n) is 4.29. The Balaban J connectivity index is 1.56. The van der Waals surface area contributed by atoms with E-state index >= 15 is 0 Å². The Hall–Kier alpha value is -1.92. The van der Waals surface area contributed by atoms with Gasteiger partial charge in [0.15, 0.2) is 0 Å². The van der Waals surface area contributed by atoms with Crippen molar-refractivity contribution in [2.24, 2.45) is 5.73 Å². The molecule has 2 heterocycles. The van der Waals surface area contributed by atoms with Crippen LogP contribution >= 0.6 is 11.3 Å². The fourth-order valence-corrected chi connectivity index (χ4v) is 3.67. The summed E-state index contributed by atoms with van der Waals surface area (Å²) in [5.41, 5.74) is 7.72. The molecule has 1 amide bonds. The van der Waals surface area contributed by atoms with Crippen LogP contribution in [0.5, 0.6) is 5.75 Å². The molecule has 1 atom stereocenters. The van der Waals surface area contributed by atoms with Gasteiger partial charge in [0, 0.05) is 11.9 Å². The van der Waals surface area contributed by atoms with Crippen LogP contribution in [-0.2, 0) is 17.9 Å². The summed E-state index contributed by atoms with van der Waals surface area (Å²) in [6.45, 7) is 4.10. The Labute approximate surface area is 146 Å². The number of hydrogen-bond donors (Lipinski definition) is 1. The molecule has 1 aromatic carbocycles. The number of hydrogen-bond acceptors (Lipinski definition) is 5. The van der Waals surface area contributed by atoms with Gasteiger partial charge in [0.1, 0.15) is 17.4 Å². The third-order valence-corrected chi connectivity index (χ3v) is 5.16. The highest BCUT2D eigenvalue weighted by Crippen LogP contribution is 2.21. The number of amides is 1. The summed E-state index contributed by atoms with van der Waals surface area (Å²) in [5, 5.41) is 2.98. The molecule has 0 saturated carbocycles. The van der Waals surface area contributed by atoms with Gasteiger partial charge in [-0.15, -0.1) is 11.3 Å². The molecule has 0 aliphatic carbocycles. The van der Waals surface area contributed by atoms with Gasteiger partial charge in [-0.05, 0) is 38.4 Å². The van der Waals surface area contributed by atoms with Gasteiger partial charge in [0.05, 0.1) is 11.7 Å². The fraction of sp³-hybridized carbons (Fsp3) is 0.444. The van der Waals surface area contributed by atoms with E-state index in [1.54, 1.807) is 11.3 Å². The lowest BCUT2D eigenvalue weighted by Crippen LogP contribution is -2.47. The molecule has 0 spiro atoms. The highest BCUT2D eigenvalue weighted by Gasteiger charge is 2.27. The van der Waals surface area contributed by atoms with Crippen molar-refractivity contribution in [1.29, 1.82) is 0 Å². The van der Waals surface area contributed by atoms with Gasteiger partial charge >= 0.3 is 0 Å². The molecule has 3 rings (SSSR count). The van der Waals surface area contributed by atoms with E-state index in [0.717, 1.165) is 42.3 Å². The van der Waals surface area contributed by atoms with Crippen LogP contribution in [0, 0.1) is 6.92 Å². The minimum atomic E-state index is -0.229. The van der Waals surface area contributed by atoms with Crippen LogP contribution in [0.3, 0.4) is 0 Å². The summed E-state index contributed by atoms with van der Waals surface area (Å²) < 4.78 is 5.77. The van der Waals surface area contributed by atoms with Crippen LogP contribution < -0.4 is 10.5 Å². The minimum Gasteiger partial charge on any atom is -0.486 e. The van der Waals surface area contributed by atoms with Gasteiger partial charge in [-0.2, -0.15) is 0 Å². The van der Waals surface area contributed by atoms with Crippen molar-refractivity contribution in [2.75, 3.05) is 6.54 Å². The topological polar surface area (TPSA) is 68.4 Å². The smallest absolute Gasteiger partial charge is 0.234 e. The molecule has 1 saturated heterocycles. The van der Waals surface area contributed by atoms with Crippen molar-refractivity contribution >= 4 is 17.2 Å². The molecule has 2 aromatic rings. The number of aryl methyl sites for hydroxylation is 1. The Morgan fingerprint density at radius 3 is 2.92 bits per heavy atom. The zero-order chi connectivity index (χ0) is 16.9. The molecule has 5 nitrogen and oxygen atoms in total. The quantitative estimate of drug-likeness (QED) is 0.874. The van der Waals surface area contributed by atoms with Gasteiger partial charge < -0.3 is 10.5 Å². The predicted octanol–water partition coefficient (Wildman–Crippen LogP) is 2.87. The standard InChI is InChI=1S/C18H23N3O2S/c1-13-5-7-15(8-6-13)23-11-17-20-14(12-24-17)10-21-9-3-2-4-16(21)18(19)22/h5-8,12,16H,2-4,9-11H2,1H3,(H2,19,22). The first kappa shape index (κ1) is 16.9. The molecule has 128 valence electrons. The van der Waals surface area contributed by atoms with E-state index in [2.05, 4.69) is 16.8 Å². The summed E-state index contributed by atoms with van der Waals surface area (Å²) in [5.74, 6) is 0.620. The van der Waals surface area contributed by atoms with Gasteiger partial charge in [0.2, 0.25) is 5.91 Å². The maximum absolute atomic E-state index is 11.6. The summed E-state index contributed by atoms with van der Waals surface area (Å²) in [6, 6.07) is 7.84. The Bertz CT molecular complexity index is 684. The molecule has 2 N–H and O–H groups in total. The predicted molar refractivity (Wildman–Crippen MR) is 94.9 cm³/mol. The molecule has 0 bridgehead atoms. The number of likely N-dealkylation sites (tertiary alicyclic amines) is 1. The van der Waals surface area contributed by atoms with Crippen molar-refractivity contribution in [3.05, 3.63) is 45.9 Å². The first-order valence-corrected chi connectivity index (χ1v) is 9.16. The van der Waals surface area contributed by atoms with Crippen molar-refractivity contribution in [3.63, 3.8) is 0 Å². The van der Waals surface area contributed by atoms with E-state index in [1.807, 2.05) is 29.6 Å². The summed E-state index contributed by atoms with van der Waals surface area (Å²) in [4.78, 5) is 18.4. The van der Waals surface area contributed by atoms with Crippen LogP contribution in [0.15, 0.2) is 29.6 Å². The molecule has 1 aliphatic rings. The maximum atomic E-state index is 11.6. The molecule has 24 heavy (non-hydrogen) atoms. The second-order valence-electron chi connectivity index (χ2n) is 6.22. The lowest BCUT2D eigenvalue weighted by Gasteiger charge is -2.32. The molecule has 1 aromatic heterocycles. The first-order valence-electron chi connectivity index (χ1n) is 8.28. The van der Waals surface area contributed by atoms with E-state index in [9.17, 15) is 4.79 Å². The zero-order valence-electron chi connectivity index (χ0n) is 13.9. The lowest BCUT2D eigenvalue weighted by atomic mass is 10.0. The summed E-state index contributed by atoms with van der Waals surface area (Å²) >= 11 is 1.59. The number of carbonyl (C=O) groups excluding carboxylic acids is 1.